The molecule has 0 radical (unpaired) electrons. The SMILES string of the molecule is CC(CCC(=O)NC=O)n1c(O)c2cccc3c2c1CN=C3N(C)c1ccccn1. The summed E-state index contributed by atoms with van der Waals surface area (Å²) in [5.74, 6) is 1.42. The molecular formula is C22H23N5O3. The van der Waals surface area contributed by atoms with Crippen LogP contribution in [0.4, 0.5) is 5.82 Å². The number of imide groups is 1. The van der Waals surface area contributed by atoms with Gasteiger partial charge in [0.25, 0.3) is 0 Å². The molecule has 8 nitrogen and oxygen atoms in total. The van der Waals surface area contributed by atoms with Crippen LogP contribution in [0, 0.1) is 0 Å². The smallest absolute Gasteiger partial charge is 0.226 e. The summed E-state index contributed by atoms with van der Waals surface area (Å²) in [6, 6.07) is 11.4. The molecule has 1 aliphatic rings. The van der Waals surface area contributed by atoms with Crippen molar-refractivity contribution in [3.63, 3.8) is 0 Å². The average Bonchev–Trinajstić information content (AvgIpc) is 3.06. The number of hydrogen-bond donors (Lipinski definition) is 2. The number of amidine groups is 1. The summed E-state index contributed by atoms with van der Waals surface area (Å²) >= 11 is 0. The van der Waals surface area contributed by atoms with Crippen molar-refractivity contribution in [3.8, 4) is 5.88 Å². The van der Waals surface area contributed by atoms with Gasteiger partial charge in [0.2, 0.25) is 12.3 Å². The fourth-order valence-corrected chi connectivity index (χ4v) is 4.03. The molecule has 1 aliphatic heterocycles. The summed E-state index contributed by atoms with van der Waals surface area (Å²) in [5, 5.41) is 14.8. The van der Waals surface area contributed by atoms with Crippen LogP contribution in [0.1, 0.15) is 37.1 Å². The zero-order valence-electron chi connectivity index (χ0n) is 16.9. The van der Waals surface area contributed by atoms with Crippen molar-refractivity contribution in [2.45, 2.75) is 32.4 Å². The standard InChI is InChI=1S/C22H23N5O3/c1-14(9-10-19(29)25-13-28)27-17-12-24-21(26(2)18-8-3-4-11-23-18)15-6-5-7-16(20(15)17)22(27)30/h3-8,11,13-14,30H,9-10,12H2,1-2H3,(H,25,28,29). The van der Waals surface area contributed by atoms with Crippen LogP contribution in [-0.4, -0.2) is 39.9 Å². The topological polar surface area (TPSA) is 99.8 Å². The highest BCUT2D eigenvalue weighted by Crippen LogP contribution is 2.40. The van der Waals surface area contributed by atoms with E-state index in [0.717, 1.165) is 33.7 Å². The van der Waals surface area contributed by atoms with E-state index in [1.165, 1.54) is 0 Å². The van der Waals surface area contributed by atoms with Crippen molar-refractivity contribution in [2.75, 3.05) is 11.9 Å². The fourth-order valence-electron chi connectivity index (χ4n) is 4.03. The summed E-state index contributed by atoms with van der Waals surface area (Å²) in [4.78, 5) is 33.2. The molecule has 0 saturated carbocycles. The highest BCUT2D eigenvalue weighted by atomic mass is 16.3. The first-order chi connectivity index (χ1) is 14.5. The second kappa shape index (κ2) is 7.98. The number of aliphatic imine (C=N–C) groups is 1. The van der Waals surface area contributed by atoms with Gasteiger partial charge in [-0.25, -0.2) is 4.98 Å². The Kier molecular flexibility index (Phi) is 5.22. The highest BCUT2D eigenvalue weighted by Gasteiger charge is 2.28. The molecule has 4 rings (SSSR count). The molecule has 154 valence electrons. The van der Waals surface area contributed by atoms with E-state index in [0.29, 0.717) is 19.4 Å². The molecule has 0 spiro atoms. The van der Waals surface area contributed by atoms with Gasteiger partial charge in [-0.15, -0.1) is 0 Å². The number of amides is 2. The number of aromatic hydroxyl groups is 1. The minimum absolute atomic E-state index is 0.136. The lowest BCUT2D eigenvalue weighted by atomic mass is 10.0. The first-order valence-electron chi connectivity index (χ1n) is 9.80. The summed E-state index contributed by atoms with van der Waals surface area (Å²) in [6.07, 6.45) is 2.81. The zero-order chi connectivity index (χ0) is 21.3. The van der Waals surface area contributed by atoms with Gasteiger partial charge in [0.05, 0.1) is 12.2 Å². The lowest BCUT2D eigenvalue weighted by Crippen LogP contribution is -2.30. The molecule has 2 aromatic heterocycles. The molecule has 0 saturated heterocycles. The second-order valence-corrected chi connectivity index (χ2v) is 7.33. The number of hydrogen-bond acceptors (Lipinski definition) is 6. The molecule has 3 aromatic rings. The number of carbonyl (C=O) groups excluding carboxylic acids is 2. The van der Waals surface area contributed by atoms with Crippen LogP contribution < -0.4 is 10.2 Å². The van der Waals surface area contributed by atoms with Crippen LogP contribution in [-0.2, 0) is 16.1 Å². The number of aromatic nitrogens is 2. The van der Waals surface area contributed by atoms with Gasteiger partial charge < -0.3 is 14.6 Å². The van der Waals surface area contributed by atoms with Crippen LogP contribution in [0.5, 0.6) is 5.88 Å². The predicted octanol–water partition coefficient (Wildman–Crippen LogP) is 2.75. The molecule has 1 atom stereocenters. The predicted molar refractivity (Wildman–Crippen MR) is 115 cm³/mol. The molecule has 2 N–H and O–H groups in total. The van der Waals surface area contributed by atoms with Crippen molar-refractivity contribution in [1.29, 1.82) is 0 Å². The Morgan fingerprint density at radius 1 is 1.33 bits per heavy atom. The van der Waals surface area contributed by atoms with Gasteiger partial charge in [-0.3, -0.25) is 19.9 Å². The zero-order valence-corrected chi connectivity index (χ0v) is 16.9. The third-order valence-corrected chi connectivity index (χ3v) is 5.49. The van der Waals surface area contributed by atoms with Crippen LogP contribution >= 0.6 is 0 Å². The van der Waals surface area contributed by atoms with Crippen molar-refractivity contribution in [1.82, 2.24) is 14.9 Å². The molecule has 1 aromatic carbocycles. The van der Waals surface area contributed by atoms with Gasteiger partial charge in [-0.2, -0.15) is 0 Å². The monoisotopic (exact) mass is 405 g/mol. The van der Waals surface area contributed by atoms with E-state index in [1.54, 1.807) is 6.20 Å². The Hall–Kier alpha value is -3.68. The molecule has 0 aliphatic carbocycles. The van der Waals surface area contributed by atoms with Gasteiger partial charge in [-0.1, -0.05) is 18.2 Å². The first kappa shape index (κ1) is 19.6. The van der Waals surface area contributed by atoms with Crippen LogP contribution in [0.3, 0.4) is 0 Å². The van der Waals surface area contributed by atoms with Gasteiger partial charge in [0.15, 0.2) is 5.88 Å². The van der Waals surface area contributed by atoms with Gasteiger partial charge >= 0.3 is 0 Å². The second-order valence-electron chi connectivity index (χ2n) is 7.33. The highest BCUT2D eigenvalue weighted by molar-refractivity contribution is 6.19. The van der Waals surface area contributed by atoms with Crippen molar-refractivity contribution >= 4 is 34.7 Å². The first-order valence-corrected chi connectivity index (χ1v) is 9.80. The largest absolute Gasteiger partial charge is 0.494 e. The summed E-state index contributed by atoms with van der Waals surface area (Å²) < 4.78 is 1.85. The van der Waals surface area contributed by atoms with Gasteiger partial charge in [0, 0.05) is 42.0 Å². The molecule has 8 heteroatoms. The van der Waals surface area contributed by atoms with E-state index in [4.69, 9.17) is 4.99 Å². The minimum Gasteiger partial charge on any atom is -0.494 e. The van der Waals surface area contributed by atoms with Crippen LogP contribution in [0.15, 0.2) is 47.6 Å². The van der Waals surface area contributed by atoms with Crippen LogP contribution in [0.25, 0.3) is 10.8 Å². The van der Waals surface area contributed by atoms with Crippen molar-refractivity contribution < 1.29 is 14.7 Å². The van der Waals surface area contributed by atoms with Gasteiger partial charge in [0.1, 0.15) is 11.7 Å². The van der Waals surface area contributed by atoms with E-state index in [-0.39, 0.29) is 24.2 Å². The summed E-state index contributed by atoms with van der Waals surface area (Å²) in [6.45, 7) is 2.35. The molecule has 30 heavy (non-hydrogen) atoms. The number of pyridine rings is 1. The normalized spacial score (nSPS) is 13.6. The summed E-state index contributed by atoms with van der Waals surface area (Å²) in [5.41, 5.74) is 1.85. The Labute approximate surface area is 173 Å². The van der Waals surface area contributed by atoms with Crippen LogP contribution in [0.2, 0.25) is 0 Å². The lowest BCUT2D eigenvalue weighted by molar-refractivity contribution is -0.125. The Morgan fingerprint density at radius 2 is 2.17 bits per heavy atom. The fraction of sp³-hybridized carbons (Fsp3) is 0.273. The van der Waals surface area contributed by atoms with E-state index >= 15 is 0 Å². The average molecular weight is 405 g/mol. The maximum atomic E-state index is 11.7. The number of anilines is 1. The molecule has 0 fully saturated rings. The van der Waals surface area contributed by atoms with E-state index in [2.05, 4.69) is 10.3 Å². The Morgan fingerprint density at radius 3 is 2.90 bits per heavy atom. The van der Waals surface area contributed by atoms with Crippen molar-refractivity contribution in [2.24, 2.45) is 4.99 Å². The number of nitrogens with one attached hydrogen (secondary N) is 1. The number of nitrogens with zero attached hydrogens (tertiary/aromatic N) is 4. The van der Waals surface area contributed by atoms with E-state index in [9.17, 15) is 14.7 Å². The summed E-state index contributed by atoms with van der Waals surface area (Å²) in [7, 11) is 1.93. The minimum atomic E-state index is -0.334. The van der Waals surface area contributed by atoms with E-state index in [1.807, 2.05) is 59.8 Å². The molecule has 0 bridgehead atoms. The maximum Gasteiger partial charge on any atom is 0.226 e. The third-order valence-electron chi connectivity index (χ3n) is 5.49. The number of carbonyl (C=O) groups is 2. The number of rotatable bonds is 6. The lowest BCUT2D eigenvalue weighted by Gasteiger charge is -2.25. The quantitative estimate of drug-likeness (QED) is 0.615. The Bertz CT molecular complexity index is 1140. The molecular weight excluding hydrogens is 382 g/mol. The number of benzene rings is 1. The molecule has 3 heterocycles. The molecule has 1 unspecified atom stereocenters. The Balaban J connectivity index is 1.72. The van der Waals surface area contributed by atoms with Crippen molar-refractivity contribution in [3.05, 3.63) is 53.9 Å². The van der Waals surface area contributed by atoms with E-state index < -0.39 is 0 Å². The third kappa shape index (κ3) is 3.30. The molecule has 2 amide bonds. The van der Waals surface area contributed by atoms with Gasteiger partial charge in [-0.05, 0) is 31.5 Å². The maximum absolute atomic E-state index is 11.7.